The molecule has 0 aromatic carbocycles. The molecule has 2 aromatic heterocycles. The van der Waals surface area contributed by atoms with E-state index >= 15 is 0 Å². The van der Waals surface area contributed by atoms with Gasteiger partial charge in [0.05, 0.1) is 22.6 Å². The van der Waals surface area contributed by atoms with E-state index in [0.717, 1.165) is 22.9 Å². The van der Waals surface area contributed by atoms with E-state index in [2.05, 4.69) is 26.3 Å². The van der Waals surface area contributed by atoms with Crippen molar-refractivity contribution >= 4 is 5.82 Å². The number of aryl methyl sites for hydroxylation is 3. The van der Waals surface area contributed by atoms with E-state index in [9.17, 15) is 0 Å². The van der Waals surface area contributed by atoms with Crippen molar-refractivity contribution in [3.8, 4) is 6.07 Å². The lowest BCUT2D eigenvalue weighted by atomic mass is 10.2. The lowest BCUT2D eigenvalue weighted by Crippen LogP contribution is -1.95. The standard InChI is InChI=1S/C8H9N3.C6H8N2/c1-6-7(5-9)3-4-8(10-2)11-6;1-5-3-8-6(2)4-7-5/h3-4H,1-2H3,(H,10,11);3-4H,1-2H3. The average Bonchev–Trinajstić information content (AvgIpc) is 2.42. The molecule has 0 aliphatic heterocycles. The molecule has 0 unspecified atom stereocenters. The molecule has 0 amide bonds. The average molecular weight is 255 g/mol. The molecule has 0 spiro atoms. The Morgan fingerprint density at radius 1 is 1.05 bits per heavy atom. The smallest absolute Gasteiger partial charge is 0.126 e. The summed E-state index contributed by atoms with van der Waals surface area (Å²) in [6.45, 7) is 5.66. The summed E-state index contributed by atoms with van der Waals surface area (Å²) in [6.07, 6.45) is 3.52. The molecule has 2 heterocycles. The molecule has 1 N–H and O–H groups in total. The van der Waals surface area contributed by atoms with Gasteiger partial charge in [0, 0.05) is 19.4 Å². The van der Waals surface area contributed by atoms with Gasteiger partial charge in [0.2, 0.25) is 0 Å². The highest BCUT2D eigenvalue weighted by atomic mass is 15.0. The monoisotopic (exact) mass is 255 g/mol. The molecule has 19 heavy (non-hydrogen) atoms. The number of nitrogens with one attached hydrogen (secondary N) is 1. The Kier molecular flexibility index (Phi) is 5.42. The van der Waals surface area contributed by atoms with Crippen molar-refractivity contribution in [2.24, 2.45) is 0 Å². The Balaban J connectivity index is 0.000000200. The molecule has 2 aromatic rings. The van der Waals surface area contributed by atoms with E-state index in [4.69, 9.17) is 5.26 Å². The van der Waals surface area contributed by atoms with Gasteiger partial charge >= 0.3 is 0 Å². The molecular weight excluding hydrogens is 238 g/mol. The van der Waals surface area contributed by atoms with Gasteiger partial charge in [-0.2, -0.15) is 5.26 Å². The van der Waals surface area contributed by atoms with Gasteiger partial charge in [-0.05, 0) is 32.9 Å². The van der Waals surface area contributed by atoms with Crippen LogP contribution >= 0.6 is 0 Å². The van der Waals surface area contributed by atoms with Gasteiger partial charge in [0.15, 0.2) is 0 Å². The third kappa shape index (κ3) is 4.72. The topological polar surface area (TPSA) is 74.5 Å². The van der Waals surface area contributed by atoms with E-state index in [1.165, 1.54) is 0 Å². The van der Waals surface area contributed by atoms with E-state index in [0.29, 0.717) is 5.56 Å². The number of pyridine rings is 1. The zero-order valence-electron chi connectivity index (χ0n) is 11.6. The molecule has 2 rings (SSSR count). The summed E-state index contributed by atoms with van der Waals surface area (Å²) in [5.41, 5.74) is 3.33. The van der Waals surface area contributed by atoms with Crippen molar-refractivity contribution in [3.05, 3.63) is 47.2 Å². The van der Waals surface area contributed by atoms with Crippen molar-refractivity contribution in [1.29, 1.82) is 5.26 Å². The number of rotatable bonds is 1. The fourth-order valence-corrected chi connectivity index (χ4v) is 1.28. The fraction of sp³-hybridized carbons (Fsp3) is 0.286. The molecule has 98 valence electrons. The van der Waals surface area contributed by atoms with E-state index < -0.39 is 0 Å². The number of hydrogen-bond donors (Lipinski definition) is 1. The van der Waals surface area contributed by atoms with Crippen molar-refractivity contribution in [2.45, 2.75) is 20.8 Å². The maximum Gasteiger partial charge on any atom is 0.126 e. The van der Waals surface area contributed by atoms with Crippen LogP contribution in [-0.4, -0.2) is 22.0 Å². The zero-order chi connectivity index (χ0) is 14.3. The summed E-state index contributed by atoms with van der Waals surface area (Å²) in [7, 11) is 1.80. The van der Waals surface area contributed by atoms with Crippen molar-refractivity contribution in [1.82, 2.24) is 15.0 Å². The predicted molar refractivity (Wildman–Crippen MR) is 74.7 cm³/mol. The molecular formula is C14H17N5. The summed E-state index contributed by atoms with van der Waals surface area (Å²) < 4.78 is 0. The summed E-state index contributed by atoms with van der Waals surface area (Å²) in [5.74, 6) is 0.793. The van der Waals surface area contributed by atoms with Gasteiger partial charge in [-0.3, -0.25) is 9.97 Å². The van der Waals surface area contributed by atoms with E-state index in [1.54, 1.807) is 31.6 Å². The Labute approximate surface area is 113 Å². The normalized spacial score (nSPS) is 9.00. The fourth-order valence-electron chi connectivity index (χ4n) is 1.28. The maximum absolute atomic E-state index is 8.57. The molecule has 0 fully saturated rings. The third-order valence-electron chi connectivity index (χ3n) is 2.37. The lowest BCUT2D eigenvalue weighted by Gasteiger charge is -2.00. The third-order valence-corrected chi connectivity index (χ3v) is 2.37. The predicted octanol–water partition coefficient (Wildman–Crippen LogP) is 2.40. The van der Waals surface area contributed by atoms with E-state index in [1.807, 2.05) is 20.8 Å². The second-order valence-electron chi connectivity index (χ2n) is 3.99. The summed E-state index contributed by atoms with van der Waals surface area (Å²) >= 11 is 0. The minimum Gasteiger partial charge on any atom is -0.373 e. The molecule has 0 bridgehead atoms. The minimum atomic E-state index is 0.629. The first-order valence-corrected chi connectivity index (χ1v) is 5.87. The highest BCUT2D eigenvalue weighted by Crippen LogP contribution is 2.07. The van der Waals surface area contributed by atoms with Gasteiger partial charge < -0.3 is 5.32 Å². The molecule has 0 saturated heterocycles. The summed E-state index contributed by atoms with van der Waals surface area (Å²) in [4.78, 5) is 12.2. The van der Waals surface area contributed by atoms with Gasteiger partial charge in [0.1, 0.15) is 11.9 Å². The quantitative estimate of drug-likeness (QED) is 0.846. The Morgan fingerprint density at radius 2 is 1.63 bits per heavy atom. The minimum absolute atomic E-state index is 0.629. The summed E-state index contributed by atoms with van der Waals surface area (Å²) in [5, 5.41) is 11.5. The maximum atomic E-state index is 8.57. The first-order chi connectivity index (χ1) is 9.06. The summed E-state index contributed by atoms with van der Waals surface area (Å²) in [6, 6.07) is 5.60. The van der Waals surface area contributed by atoms with Crippen LogP contribution in [0.25, 0.3) is 0 Å². The van der Waals surface area contributed by atoms with Crippen LogP contribution in [-0.2, 0) is 0 Å². The Hall–Kier alpha value is -2.48. The van der Waals surface area contributed by atoms with Crippen LogP contribution in [0.3, 0.4) is 0 Å². The van der Waals surface area contributed by atoms with E-state index in [-0.39, 0.29) is 0 Å². The molecule has 0 aliphatic rings. The Morgan fingerprint density at radius 3 is 2.00 bits per heavy atom. The van der Waals surface area contributed by atoms with Crippen molar-refractivity contribution < 1.29 is 0 Å². The van der Waals surface area contributed by atoms with Gasteiger partial charge in [-0.15, -0.1) is 0 Å². The first kappa shape index (κ1) is 14.6. The molecule has 0 atom stereocenters. The second-order valence-corrected chi connectivity index (χ2v) is 3.99. The number of nitrogens with zero attached hydrogens (tertiary/aromatic N) is 4. The highest BCUT2D eigenvalue weighted by molar-refractivity contribution is 5.42. The van der Waals surface area contributed by atoms with Crippen LogP contribution < -0.4 is 5.32 Å². The van der Waals surface area contributed by atoms with Gasteiger partial charge in [-0.1, -0.05) is 0 Å². The number of nitriles is 1. The van der Waals surface area contributed by atoms with Crippen LogP contribution in [0.1, 0.15) is 22.6 Å². The molecule has 0 radical (unpaired) electrons. The van der Waals surface area contributed by atoms with Crippen molar-refractivity contribution in [2.75, 3.05) is 12.4 Å². The van der Waals surface area contributed by atoms with Crippen molar-refractivity contribution in [3.63, 3.8) is 0 Å². The number of anilines is 1. The van der Waals surface area contributed by atoms with Crippen LogP contribution in [0, 0.1) is 32.1 Å². The molecule has 5 heteroatoms. The number of aromatic nitrogens is 3. The van der Waals surface area contributed by atoms with Gasteiger partial charge in [-0.25, -0.2) is 4.98 Å². The van der Waals surface area contributed by atoms with Gasteiger partial charge in [0.25, 0.3) is 0 Å². The first-order valence-electron chi connectivity index (χ1n) is 5.87. The lowest BCUT2D eigenvalue weighted by molar-refractivity contribution is 1.06. The Bertz CT molecular complexity index is 548. The largest absolute Gasteiger partial charge is 0.373 e. The zero-order valence-corrected chi connectivity index (χ0v) is 11.6. The van der Waals surface area contributed by atoms with Crippen LogP contribution in [0.15, 0.2) is 24.5 Å². The SMILES string of the molecule is CNc1ccc(C#N)c(C)n1.Cc1cnc(C)cn1. The molecule has 0 saturated carbocycles. The number of hydrogen-bond acceptors (Lipinski definition) is 5. The van der Waals surface area contributed by atoms with Crippen LogP contribution in [0.2, 0.25) is 0 Å². The highest BCUT2D eigenvalue weighted by Gasteiger charge is 1.97. The van der Waals surface area contributed by atoms with Crippen LogP contribution in [0.4, 0.5) is 5.82 Å². The molecule has 5 nitrogen and oxygen atoms in total. The van der Waals surface area contributed by atoms with Crippen LogP contribution in [0.5, 0.6) is 0 Å². The second kappa shape index (κ2) is 7.07. The molecule has 0 aliphatic carbocycles.